The summed E-state index contributed by atoms with van der Waals surface area (Å²) in [5.41, 5.74) is 13.4. The highest BCUT2D eigenvalue weighted by molar-refractivity contribution is 5.76. The number of benzene rings is 2. The lowest BCUT2D eigenvalue weighted by Crippen LogP contribution is -2.28. The second-order valence-electron chi connectivity index (χ2n) is 7.12. The molecule has 0 radical (unpaired) electrons. The molecule has 144 valence electrons. The van der Waals surface area contributed by atoms with Gasteiger partial charge in [0.2, 0.25) is 0 Å². The minimum absolute atomic E-state index is 0.0753. The second-order valence-corrected chi connectivity index (χ2v) is 7.12. The monoisotopic (exact) mass is 376 g/mol. The van der Waals surface area contributed by atoms with E-state index in [-0.39, 0.29) is 17.8 Å². The summed E-state index contributed by atoms with van der Waals surface area (Å²) in [7, 11) is 0. The quantitative estimate of drug-likeness (QED) is 0.360. The number of nitrogens with zero attached hydrogens (tertiary/aromatic N) is 2. The van der Waals surface area contributed by atoms with Gasteiger partial charge in [0.05, 0.1) is 17.6 Å². The van der Waals surface area contributed by atoms with Gasteiger partial charge in [0, 0.05) is 6.54 Å². The number of rotatable bonds is 5. The number of hydrogen-bond donors (Lipinski definition) is 2. The fraction of sp³-hybridized carbons (Fsp3) is 0.318. The maximum atomic E-state index is 12.4. The summed E-state index contributed by atoms with van der Waals surface area (Å²) in [5.74, 6) is 0.842. The van der Waals surface area contributed by atoms with Crippen molar-refractivity contribution in [2.75, 3.05) is 6.54 Å². The number of guanidine groups is 1. The first-order valence-corrected chi connectivity index (χ1v) is 9.43. The lowest BCUT2D eigenvalue weighted by Gasteiger charge is -2.26. The van der Waals surface area contributed by atoms with Crippen LogP contribution >= 0.6 is 0 Å². The minimum Gasteiger partial charge on any atom is -0.426 e. The summed E-state index contributed by atoms with van der Waals surface area (Å²) >= 11 is 0. The van der Waals surface area contributed by atoms with Gasteiger partial charge in [0.25, 0.3) is 0 Å². The molecule has 0 bridgehead atoms. The fourth-order valence-electron chi connectivity index (χ4n) is 3.47. The van der Waals surface area contributed by atoms with E-state index >= 15 is 0 Å². The predicted octanol–water partition coefficient (Wildman–Crippen LogP) is 3.21. The second kappa shape index (κ2) is 9.05. The van der Waals surface area contributed by atoms with E-state index in [1.54, 1.807) is 24.3 Å². The molecule has 0 amide bonds. The number of hydrogen-bond acceptors (Lipinski definition) is 4. The standard InChI is InChI=1S/C22H24N4O2/c23-13-15-1-5-17(6-2-15)18-9-11-20(12-10-18)28-21(27)19-7-3-16(4-8-19)14-26-22(24)25/h1-2,5-6,9-12,16,19H,3-4,7-8,14H2,(H4,24,25,26). The Labute approximate surface area is 164 Å². The molecule has 6 nitrogen and oxygen atoms in total. The summed E-state index contributed by atoms with van der Waals surface area (Å²) < 4.78 is 5.57. The first kappa shape index (κ1) is 19.4. The molecular weight excluding hydrogens is 352 g/mol. The molecule has 1 saturated carbocycles. The lowest BCUT2D eigenvalue weighted by molar-refractivity contribution is -0.140. The van der Waals surface area contributed by atoms with Gasteiger partial charge in [-0.1, -0.05) is 24.3 Å². The van der Waals surface area contributed by atoms with Crippen molar-refractivity contribution in [2.24, 2.45) is 28.3 Å². The average Bonchev–Trinajstić information content (AvgIpc) is 2.73. The molecule has 0 atom stereocenters. The van der Waals surface area contributed by atoms with E-state index < -0.39 is 0 Å². The highest BCUT2D eigenvalue weighted by Gasteiger charge is 2.27. The van der Waals surface area contributed by atoms with Gasteiger partial charge in [0.1, 0.15) is 5.75 Å². The van der Waals surface area contributed by atoms with Gasteiger partial charge >= 0.3 is 5.97 Å². The van der Waals surface area contributed by atoms with Crippen molar-refractivity contribution in [2.45, 2.75) is 25.7 Å². The summed E-state index contributed by atoms with van der Waals surface area (Å²) in [6.07, 6.45) is 3.45. The molecule has 28 heavy (non-hydrogen) atoms. The van der Waals surface area contributed by atoms with Crippen molar-refractivity contribution >= 4 is 11.9 Å². The molecule has 0 spiro atoms. The number of esters is 1. The lowest BCUT2D eigenvalue weighted by atomic mass is 9.82. The Morgan fingerprint density at radius 3 is 2.11 bits per heavy atom. The Morgan fingerprint density at radius 2 is 1.57 bits per heavy atom. The summed E-state index contributed by atoms with van der Waals surface area (Å²) in [6, 6.07) is 16.9. The van der Waals surface area contributed by atoms with Crippen LogP contribution in [0.5, 0.6) is 5.75 Å². The van der Waals surface area contributed by atoms with Crippen molar-refractivity contribution in [3.8, 4) is 22.9 Å². The zero-order valence-corrected chi connectivity index (χ0v) is 15.7. The molecule has 6 heteroatoms. The molecule has 1 fully saturated rings. The molecule has 0 aliphatic heterocycles. The van der Waals surface area contributed by atoms with Gasteiger partial charge in [0.15, 0.2) is 5.96 Å². The third kappa shape index (κ3) is 5.10. The van der Waals surface area contributed by atoms with Crippen LogP contribution in [0.4, 0.5) is 0 Å². The molecule has 4 N–H and O–H groups in total. The topological polar surface area (TPSA) is 114 Å². The summed E-state index contributed by atoms with van der Waals surface area (Å²) in [6.45, 7) is 0.626. The van der Waals surface area contributed by atoms with Crippen LogP contribution in [0.25, 0.3) is 11.1 Å². The smallest absolute Gasteiger partial charge is 0.314 e. The van der Waals surface area contributed by atoms with Gasteiger partial charge < -0.3 is 16.2 Å². The number of carbonyl (C=O) groups excluding carboxylic acids is 1. The maximum absolute atomic E-state index is 12.4. The van der Waals surface area contributed by atoms with Crippen LogP contribution in [0.1, 0.15) is 31.2 Å². The van der Waals surface area contributed by atoms with E-state index in [4.69, 9.17) is 21.5 Å². The van der Waals surface area contributed by atoms with E-state index in [1.807, 2.05) is 24.3 Å². The van der Waals surface area contributed by atoms with Gasteiger partial charge in [-0.3, -0.25) is 9.79 Å². The Hall–Kier alpha value is -3.33. The molecule has 3 rings (SSSR count). The van der Waals surface area contributed by atoms with Crippen LogP contribution in [-0.4, -0.2) is 18.5 Å². The Kier molecular flexibility index (Phi) is 6.28. The molecule has 1 aliphatic carbocycles. The highest BCUT2D eigenvalue weighted by Crippen LogP contribution is 2.30. The number of nitrogens with two attached hydrogens (primary N) is 2. The number of carbonyl (C=O) groups is 1. The Morgan fingerprint density at radius 1 is 1.00 bits per heavy atom. The average molecular weight is 376 g/mol. The zero-order valence-electron chi connectivity index (χ0n) is 15.7. The van der Waals surface area contributed by atoms with E-state index in [9.17, 15) is 4.79 Å². The summed E-state index contributed by atoms with van der Waals surface area (Å²) in [4.78, 5) is 16.5. The fourth-order valence-corrected chi connectivity index (χ4v) is 3.47. The molecular formula is C22H24N4O2. The molecule has 2 aromatic rings. The van der Waals surface area contributed by atoms with E-state index in [2.05, 4.69) is 11.1 Å². The molecule has 1 aliphatic rings. The molecule has 0 unspecified atom stereocenters. The molecule has 0 aromatic heterocycles. The van der Waals surface area contributed by atoms with E-state index in [1.165, 1.54) is 0 Å². The van der Waals surface area contributed by atoms with Crippen molar-refractivity contribution in [1.29, 1.82) is 5.26 Å². The van der Waals surface area contributed by atoms with Crippen molar-refractivity contribution < 1.29 is 9.53 Å². The van der Waals surface area contributed by atoms with Crippen LogP contribution in [0.3, 0.4) is 0 Å². The Bertz CT molecular complexity index is 870. The normalized spacial score (nSPS) is 18.7. The van der Waals surface area contributed by atoms with Crippen LogP contribution in [0.15, 0.2) is 53.5 Å². The van der Waals surface area contributed by atoms with Crippen LogP contribution in [-0.2, 0) is 4.79 Å². The van der Waals surface area contributed by atoms with Gasteiger partial charge in [-0.2, -0.15) is 5.26 Å². The first-order valence-electron chi connectivity index (χ1n) is 9.43. The minimum atomic E-state index is -0.175. The first-order chi connectivity index (χ1) is 13.5. The van der Waals surface area contributed by atoms with Gasteiger partial charge in [-0.05, 0) is 67.0 Å². The molecule has 0 heterocycles. The van der Waals surface area contributed by atoms with Crippen LogP contribution in [0.2, 0.25) is 0 Å². The van der Waals surface area contributed by atoms with E-state index in [0.717, 1.165) is 36.8 Å². The largest absolute Gasteiger partial charge is 0.426 e. The van der Waals surface area contributed by atoms with Crippen LogP contribution < -0.4 is 16.2 Å². The zero-order chi connectivity index (χ0) is 19.9. The number of ether oxygens (including phenoxy) is 1. The summed E-state index contributed by atoms with van der Waals surface area (Å²) in [5, 5.41) is 8.88. The Balaban J connectivity index is 1.53. The van der Waals surface area contributed by atoms with Crippen molar-refractivity contribution in [3.05, 3.63) is 54.1 Å². The molecule has 2 aromatic carbocycles. The number of nitriles is 1. The van der Waals surface area contributed by atoms with Crippen molar-refractivity contribution in [1.82, 2.24) is 0 Å². The third-order valence-electron chi connectivity index (χ3n) is 5.13. The van der Waals surface area contributed by atoms with Crippen LogP contribution in [0, 0.1) is 23.2 Å². The van der Waals surface area contributed by atoms with Crippen molar-refractivity contribution in [3.63, 3.8) is 0 Å². The van der Waals surface area contributed by atoms with Gasteiger partial charge in [-0.15, -0.1) is 0 Å². The highest BCUT2D eigenvalue weighted by atomic mass is 16.5. The van der Waals surface area contributed by atoms with E-state index in [0.29, 0.717) is 23.8 Å². The SMILES string of the molecule is N#Cc1ccc(-c2ccc(OC(=O)C3CCC(CN=C(N)N)CC3)cc2)cc1. The third-order valence-corrected chi connectivity index (χ3v) is 5.13. The maximum Gasteiger partial charge on any atom is 0.314 e. The molecule has 0 saturated heterocycles. The number of aliphatic imine (C=N–C) groups is 1. The predicted molar refractivity (Wildman–Crippen MR) is 108 cm³/mol. The van der Waals surface area contributed by atoms with Gasteiger partial charge in [-0.25, -0.2) is 0 Å².